The molecule has 0 unspecified atom stereocenters. The summed E-state index contributed by atoms with van der Waals surface area (Å²) in [7, 11) is 1.60. The fourth-order valence-corrected chi connectivity index (χ4v) is 4.19. The molecule has 2 aromatic heterocycles. The number of anilines is 1. The molecule has 5 heteroatoms. The van der Waals surface area contributed by atoms with Gasteiger partial charge in [-0.05, 0) is 37.1 Å². The summed E-state index contributed by atoms with van der Waals surface area (Å²) in [6.45, 7) is 4.13. The fourth-order valence-electron chi connectivity index (χ4n) is 3.18. The van der Waals surface area contributed by atoms with Gasteiger partial charge >= 0.3 is 0 Å². The van der Waals surface area contributed by atoms with Gasteiger partial charge in [0.2, 0.25) is 0 Å². The molecule has 0 aliphatic carbocycles. The van der Waals surface area contributed by atoms with E-state index in [1.54, 1.807) is 7.11 Å². The zero-order valence-corrected chi connectivity index (χ0v) is 15.7. The monoisotopic (exact) mass is 365 g/mol. The Bertz CT molecular complexity index is 1120. The molecule has 26 heavy (non-hydrogen) atoms. The quantitative estimate of drug-likeness (QED) is 0.499. The maximum atomic E-state index is 12.7. The first-order chi connectivity index (χ1) is 12.6. The van der Waals surface area contributed by atoms with Gasteiger partial charge in [0.1, 0.15) is 16.9 Å². The van der Waals surface area contributed by atoms with Gasteiger partial charge in [-0.3, -0.25) is 4.79 Å². The van der Waals surface area contributed by atoms with Gasteiger partial charge in [-0.1, -0.05) is 25.1 Å². The highest BCUT2D eigenvalue weighted by molar-refractivity contribution is 7.14. The molecule has 0 atom stereocenters. The van der Waals surface area contributed by atoms with Crippen molar-refractivity contribution < 1.29 is 13.9 Å². The number of ether oxygens (including phenoxy) is 1. The summed E-state index contributed by atoms with van der Waals surface area (Å²) in [5.41, 5.74) is 3.30. The van der Waals surface area contributed by atoms with Gasteiger partial charge in [0.05, 0.1) is 17.7 Å². The first kappa shape index (κ1) is 16.7. The lowest BCUT2D eigenvalue weighted by Gasteiger charge is -2.09. The second kappa shape index (κ2) is 6.50. The van der Waals surface area contributed by atoms with E-state index in [9.17, 15) is 4.79 Å². The lowest BCUT2D eigenvalue weighted by molar-refractivity contribution is 0.103. The number of para-hydroxylation sites is 1. The van der Waals surface area contributed by atoms with Gasteiger partial charge in [-0.2, -0.15) is 0 Å². The Balaban J connectivity index is 1.75. The third-order valence-electron chi connectivity index (χ3n) is 4.51. The molecule has 0 aliphatic heterocycles. The van der Waals surface area contributed by atoms with Crippen molar-refractivity contribution in [1.82, 2.24) is 0 Å². The Hall–Kier alpha value is -2.79. The van der Waals surface area contributed by atoms with Crippen LogP contribution in [0.15, 0.2) is 46.9 Å². The van der Waals surface area contributed by atoms with E-state index in [0.29, 0.717) is 16.3 Å². The van der Waals surface area contributed by atoms with Crippen LogP contribution in [-0.2, 0) is 6.42 Å². The van der Waals surface area contributed by atoms with Crippen LogP contribution in [0.2, 0.25) is 0 Å². The molecule has 0 bridgehead atoms. The minimum atomic E-state index is -0.133. The Morgan fingerprint density at radius 1 is 1.15 bits per heavy atom. The van der Waals surface area contributed by atoms with Gasteiger partial charge in [0.25, 0.3) is 5.91 Å². The van der Waals surface area contributed by atoms with E-state index in [-0.39, 0.29) is 5.91 Å². The van der Waals surface area contributed by atoms with Crippen LogP contribution < -0.4 is 10.1 Å². The van der Waals surface area contributed by atoms with Crippen molar-refractivity contribution in [3.05, 3.63) is 57.8 Å². The molecule has 0 spiro atoms. The number of fused-ring (bicyclic) bond motifs is 3. The number of amides is 1. The summed E-state index contributed by atoms with van der Waals surface area (Å²) in [4.78, 5) is 14.6. The topological polar surface area (TPSA) is 51.5 Å². The van der Waals surface area contributed by atoms with E-state index in [2.05, 4.69) is 12.2 Å². The molecule has 132 valence electrons. The molecule has 4 nitrogen and oxygen atoms in total. The van der Waals surface area contributed by atoms with Crippen LogP contribution in [0.25, 0.3) is 21.9 Å². The van der Waals surface area contributed by atoms with Gasteiger partial charge in [0.15, 0.2) is 0 Å². The van der Waals surface area contributed by atoms with E-state index in [4.69, 9.17) is 9.15 Å². The minimum absolute atomic E-state index is 0.133. The number of furan rings is 1. The Morgan fingerprint density at radius 2 is 1.96 bits per heavy atom. The average molecular weight is 365 g/mol. The van der Waals surface area contributed by atoms with Crippen LogP contribution in [0.3, 0.4) is 0 Å². The summed E-state index contributed by atoms with van der Waals surface area (Å²) < 4.78 is 11.4. The largest absolute Gasteiger partial charge is 0.495 e. The molecule has 4 aromatic rings. The molecule has 0 saturated heterocycles. The van der Waals surface area contributed by atoms with Crippen LogP contribution in [0.4, 0.5) is 5.69 Å². The van der Waals surface area contributed by atoms with E-state index < -0.39 is 0 Å². The van der Waals surface area contributed by atoms with Crippen LogP contribution >= 0.6 is 11.3 Å². The SMILES string of the molecule is CCc1sc(C(=O)Nc2cc3oc4ccccc4c3cc2OC)cc1C. The number of carbonyl (C=O) groups is 1. The summed E-state index contributed by atoms with van der Waals surface area (Å²) >= 11 is 1.53. The molecule has 2 heterocycles. The lowest BCUT2D eigenvalue weighted by atomic mass is 10.1. The number of aryl methyl sites for hydroxylation is 2. The minimum Gasteiger partial charge on any atom is -0.495 e. The Labute approximate surface area is 155 Å². The Morgan fingerprint density at radius 3 is 2.69 bits per heavy atom. The van der Waals surface area contributed by atoms with Crippen LogP contribution in [0.5, 0.6) is 5.75 Å². The number of nitrogens with one attached hydrogen (secondary N) is 1. The van der Waals surface area contributed by atoms with Gasteiger partial charge in [0, 0.05) is 21.7 Å². The highest BCUT2D eigenvalue weighted by Gasteiger charge is 2.16. The maximum Gasteiger partial charge on any atom is 0.265 e. The van der Waals surface area contributed by atoms with Gasteiger partial charge in [-0.25, -0.2) is 0 Å². The molecule has 0 aliphatic rings. The number of methoxy groups -OCH3 is 1. The molecule has 1 amide bonds. The summed E-state index contributed by atoms with van der Waals surface area (Å²) in [5.74, 6) is 0.480. The highest BCUT2D eigenvalue weighted by Crippen LogP contribution is 2.36. The van der Waals surface area contributed by atoms with E-state index in [1.807, 2.05) is 49.4 Å². The number of hydrogen-bond donors (Lipinski definition) is 1. The van der Waals surface area contributed by atoms with Crippen molar-refractivity contribution in [2.45, 2.75) is 20.3 Å². The first-order valence-corrected chi connectivity index (χ1v) is 9.32. The average Bonchev–Trinajstić information content (AvgIpc) is 3.20. The van der Waals surface area contributed by atoms with E-state index >= 15 is 0 Å². The zero-order chi connectivity index (χ0) is 18.3. The van der Waals surface area contributed by atoms with Crippen molar-refractivity contribution in [2.75, 3.05) is 12.4 Å². The molecular weight excluding hydrogens is 346 g/mol. The van der Waals surface area contributed by atoms with Crippen molar-refractivity contribution in [3.63, 3.8) is 0 Å². The maximum absolute atomic E-state index is 12.7. The van der Waals surface area contributed by atoms with Crippen molar-refractivity contribution in [3.8, 4) is 5.75 Å². The predicted molar refractivity (Wildman–Crippen MR) is 107 cm³/mol. The third kappa shape index (κ3) is 2.74. The van der Waals surface area contributed by atoms with Gasteiger partial charge in [-0.15, -0.1) is 11.3 Å². The smallest absolute Gasteiger partial charge is 0.265 e. The second-order valence-corrected chi connectivity index (χ2v) is 7.31. The van der Waals surface area contributed by atoms with E-state index in [1.165, 1.54) is 16.2 Å². The normalized spacial score (nSPS) is 11.2. The predicted octanol–water partition coefficient (Wildman–Crippen LogP) is 5.78. The third-order valence-corrected chi connectivity index (χ3v) is 5.89. The Kier molecular flexibility index (Phi) is 4.17. The number of rotatable bonds is 4. The van der Waals surface area contributed by atoms with Crippen LogP contribution in [0, 0.1) is 6.92 Å². The summed E-state index contributed by atoms with van der Waals surface area (Å²) in [6, 6.07) is 13.5. The number of benzene rings is 2. The fraction of sp³-hybridized carbons (Fsp3) is 0.190. The molecule has 0 fully saturated rings. The van der Waals surface area contributed by atoms with Crippen molar-refractivity contribution in [1.29, 1.82) is 0 Å². The van der Waals surface area contributed by atoms with Gasteiger partial charge < -0.3 is 14.5 Å². The number of carbonyl (C=O) groups excluding carboxylic acids is 1. The highest BCUT2D eigenvalue weighted by atomic mass is 32.1. The molecule has 0 radical (unpaired) electrons. The zero-order valence-electron chi connectivity index (χ0n) is 14.9. The molecule has 1 N–H and O–H groups in total. The second-order valence-electron chi connectivity index (χ2n) is 6.17. The summed E-state index contributed by atoms with van der Waals surface area (Å²) in [6.07, 6.45) is 0.929. The molecule has 4 rings (SSSR count). The standard InChI is InChI=1S/C21H19NO3S/c1-4-19-12(2)9-20(26-19)21(23)22-15-11-17-14(10-18(15)24-3)13-7-5-6-8-16(13)25-17/h5-11H,4H2,1-3H3,(H,22,23). The van der Waals surface area contributed by atoms with Crippen LogP contribution in [-0.4, -0.2) is 13.0 Å². The van der Waals surface area contributed by atoms with E-state index in [0.717, 1.165) is 33.9 Å². The lowest BCUT2D eigenvalue weighted by Crippen LogP contribution is -2.11. The number of hydrogen-bond acceptors (Lipinski definition) is 4. The number of thiophene rings is 1. The van der Waals surface area contributed by atoms with Crippen molar-refractivity contribution >= 4 is 44.9 Å². The van der Waals surface area contributed by atoms with Crippen LogP contribution in [0.1, 0.15) is 27.0 Å². The van der Waals surface area contributed by atoms with Crippen molar-refractivity contribution in [2.24, 2.45) is 0 Å². The molecule has 2 aromatic carbocycles. The summed E-state index contributed by atoms with van der Waals surface area (Å²) in [5, 5.41) is 4.96. The molecule has 0 saturated carbocycles. The molecular formula is C21H19NO3S. The first-order valence-electron chi connectivity index (χ1n) is 8.50.